The van der Waals surface area contributed by atoms with Gasteiger partial charge >= 0.3 is 11.9 Å². The van der Waals surface area contributed by atoms with Gasteiger partial charge in [0.1, 0.15) is 18.8 Å². The van der Waals surface area contributed by atoms with Crippen molar-refractivity contribution < 1.29 is 23.9 Å². The van der Waals surface area contributed by atoms with E-state index in [-0.39, 0.29) is 40.9 Å². The van der Waals surface area contributed by atoms with Gasteiger partial charge in [-0.2, -0.15) is 0 Å². The Morgan fingerprint density at radius 1 is 1.00 bits per heavy atom. The molecule has 0 unspecified atom stereocenters. The molecule has 0 aliphatic heterocycles. The molecule has 0 aromatic carbocycles. The van der Waals surface area contributed by atoms with E-state index in [1.54, 1.807) is 0 Å². The predicted molar refractivity (Wildman–Crippen MR) is 139 cm³/mol. The predicted octanol–water partition coefficient (Wildman–Crippen LogP) is 5.14. The van der Waals surface area contributed by atoms with Gasteiger partial charge in [-0.05, 0) is 74.9 Å². The maximum absolute atomic E-state index is 11.9. The number of carbonyl (C=O) groups is 2. The molecule has 36 heavy (non-hydrogen) atoms. The Kier molecular flexibility index (Phi) is 8.18. The first-order valence-electron chi connectivity index (χ1n) is 14.1. The lowest BCUT2D eigenvalue weighted by atomic mass is 9.47. The highest BCUT2D eigenvalue weighted by Crippen LogP contribution is 2.64. The molecule has 3 fully saturated rings. The van der Waals surface area contributed by atoms with Gasteiger partial charge in [-0.25, -0.2) is 0 Å². The quantitative estimate of drug-likeness (QED) is 0.260. The molecule has 7 atom stereocenters. The van der Waals surface area contributed by atoms with Gasteiger partial charge in [-0.15, -0.1) is 0 Å². The van der Waals surface area contributed by atoms with Crippen molar-refractivity contribution in [3.8, 4) is 0 Å². The highest BCUT2D eigenvalue weighted by atomic mass is 16.6. The summed E-state index contributed by atoms with van der Waals surface area (Å²) in [5.41, 5.74) is 2.42. The Bertz CT molecular complexity index is 896. The molecule has 0 spiro atoms. The zero-order chi connectivity index (χ0) is 26.1. The van der Waals surface area contributed by atoms with Gasteiger partial charge in [0, 0.05) is 38.1 Å². The number of nitrogens with zero attached hydrogens (tertiary/aromatic N) is 2. The number of fused-ring (bicyclic) bond motifs is 5. The van der Waals surface area contributed by atoms with Crippen molar-refractivity contribution >= 4 is 17.7 Å². The van der Waals surface area contributed by atoms with Crippen molar-refractivity contribution in [3.63, 3.8) is 0 Å². The van der Waals surface area contributed by atoms with E-state index in [1.165, 1.54) is 19.4 Å². The van der Waals surface area contributed by atoms with Crippen molar-refractivity contribution in [3.05, 3.63) is 11.6 Å². The standard InChI is InChI=1S/C29H46N2O5/c1-7-31(8-2)15-16-34-30-25-18-21-17-22(35-19(3)32)11-13-28(21,5)24-12-14-29(6)23(27(24)25)9-10-26(29)36-20(4)33/h18,22-24,26-27H,7-17H2,1-6H3/b30-25+/t22-,23-,24-,26-,27-,28-,29-/m0/s1. The van der Waals surface area contributed by atoms with Crippen LogP contribution in [0.2, 0.25) is 0 Å². The maximum atomic E-state index is 11.9. The molecule has 0 saturated heterocycles. The molecule has 4 aliphatic rings. The number of hydrogen-bond acceptors (Lipinski definition) is 7. The van der Waals surface area contributed by atoms with Gasteiger partial charge in [-0.1, -0.05) is 38.4 Å². The van der Waals surface area contributed by atoms with Gasteiger partial charge in [0.15, 0.2) is 0 Å². The molecule has 202 valence electrons. The summed E-state index contributed by atoms with van der Waals surface area (Å²) in [5, 5.41) is 4.79. The van der Waals surface area contributed by atoms with Crippen molar-refractivity contribution in [2.75, 3.05) is 26.2 Å². The number of likely N-dealkylation sites (N-methyl/N-ethyl adjacent to an activating group) is 1. The Morgan fingerprint density at radius 3 is 2.39 bits per heavy atom. The van der Waals surface area contributed by atoms with Crippen LogP contribution in [-0.4, -0.2) is 61.0 Å². The van der Waals surface area contributed by atoms with Gasteiger partial charge in [0.2, 0.25) is 0 Å². The lowest BCUT2D eigenvalue weighted by Gasteiger charge is -2.57. The highest BCUT2D eigenvalue weighted by Gasteiger charge is 2.61. The molecule has 7 nitrogen and oxygen atoms in total. The van der Waals surface area contributed by atoms with Crippen LogP contribution in [0.15, 0.2) is 16.8 Å². The van der Waals surface area contributed by atoms with E-state index in [0.29, 0.717) is 18.4 Å². The Balaban J connectivity index is 1.64. The second-order valence-electron chi connectivity index (χ2n) is 11.9. The largest absolute Gasteiger partial charge is 0.462 e. The molecule has 0 N–H and O–H groups in total. The summed E-state index contributed by atoms with van der Waals surface area (Å²) < 4.78 is 11.5. The molecule has 0 amide bonds. The average Bonchev–Trinajstić information content (AvgIpc) is 3.15. The van der Waals surface area contributed by atoms with Gasteiger partial charge in [-0.3, -0.25) is 9.59 Å². The van der Waals surface area contributed by atoms with Crippen molar-refractivity contribution in [2.45, 2.75) is 98.7 Å². The number of esters is 2. The van der Waals surface area contributed by atoms with Crippen molar-refractivity contribution in [2.24, 2.45) is 33.7 Å². The lowest BCUT2D eigenvalue weighted by molar-refractivity contribution is -0.155. The number of ether oxygens (including phenoxy) is 2. The van der Waals surface area contributed by atoms with Crippen LogP contribution in [0, 0.1) is 28.6 Å². The Morgan fingerprint density at radius 2 is 1.72 bits per heavy atom. The number of oxime groups is 1. The molecule has 3 saturated carbocycles. The zero-order valence-electron chi connectivity index (χ0n) is 23.2. The molecule has 0 aromatic heterocycles. The van der Waals surface area contributed by atoms with E-state index < -0.39 is 0 Å². The molecule has 0 bridgehead atoms. The highest BCUT2D eigenvalue weighted by molar-refractivity contribution is 5.99. The fraction of sp³-hybridized carbons (Fsp3) is 0.828. The summed E-state index contributed by atoms with van der Waals surface area (Å²) in [5.74, 6) is 0.778. The first-order valence-corrected chi connectivity index (χ1v) is 14.1. The van der Waals surface area contributed by atoms with E-state index in [1.807, 2.05) is 0 Å². The third-order valence-corrected chi connectivity index (χ3v) is 10.0. The van der Waals surface area contributed by atoms with Crippen LogP contribution in [0.25, 0.3) is 0 Å². The van der Waals surface area contributed by atoms with E-state index in [4.69, 9.17) is 19.5 Å². The fourth-order valence-corrected chi connectivity index (χ4v) is 7.99. The maximum Gasteiger partial charge on any atom is 0.302 e. The number of allylic oxidation sites excluding steroid dienone is 1. The van der Waals surface area contributed by atoms with Crippen LogP contribution in [-0.2, 0) is 23.9 Å². The molecule has 0 heterocycles. The summed E-state index contributed by atoms with van der Waals surface area (Å²) in [6.45, 7) is 15.5. The molecule has 4 rings (SSSR count). The number of hydrogen-bond donors (Lipinski definition) is 0. The number of rotatable bonds is 8. The molecular formula is C29H46N2O5. The van der Waals surface area contributed by atoms with Crippen LogP contribution in [0.5, 0.6) is 0 Å². The van der Waals surface area contributed by atoms with E-state index in [0.717, 1.165) is 70.3 Å². The number of carbonyl (C=O) groups excluding carboxylic acids is 2. The van der Waals surface area contributed by atoms with Gasteiger partial charge in [0.25, 0.3) is 0 Å². The van der Waals surface area contributed by atoms with Gasteiger partial charge in [0.05, 0.1) is 5.71 Å². The molecular weight excluding hydrogens is 456 g/mol. The van der Waals surface area contributed by atoms with Crippen LogP contribution in [0.3, 0.4) is 0 Å². The summed E-state index contributed by atoms with van der Waals surface area (Å²) >= 11 is 0. The van der Waals surface area contributed by atoms with E-state index in [2.05, 4.69) is 38.7 Å². The van der Waals surface area contributed by atoms with Gasteiger partial charge < -0.3 is 19.2 Å². The van der Waals surface area contributed by atoms with Crippen LogP contribution in [0.1, 0.15) is 86.5 Å². The molecule has 4 aliphatic carbocycles. The smallest absolute Gasteiger partial charge is 0.302 e. The van der Waals surface area contributed by atoms with E-state index in [9.17, 15) is 9.59 Å². The summed E-state index contributed by atoms with van der Waals surface area (Å²) in [4.78, 5) is 31.8. The SMILES string of the molecule is CCN(CC)CCO/N=C1\C=C2C[C@@H](OC(C)=O)CC[C@]2(C)[C@H]2CC[C@]3(C)[C@@H](OC(C)=O)CC[C@H]3[C@H]12. The first kappa shape index (κ1) is 27.2. The van der Waals surface area contributed by atoms with Crippen molar-refractivity contribution in [1.82, 2.24) is 4.90 Å². The fourth-order valence-electron chi connectivity index (χ4n) is 7.99. The van der Waals surface area contributed by atoms with Crippen LogP contribution < -0.4 is 0 Å². The van der Waals surface area contributed by atoms with Crippen molar-refractivity contribution in [1.29, 1.82) is 0 Å². The Labute approximate surface area is 217 Å². The molecule has 0 aromatic rings. The monoisotopic (exact) mass is 502 g/mol. The lowest BCUT2D eigenvalue weighted by Crippen LogP contribution is -2.54. The summed E-state index contributed by atoms with van der Waals surface area (Å²) in [7, 11) is 0. The average molecular weight is 503 g/mol. The minimum absolute atomic E-state index is 0.0244. The zero-order valence-corrected chi connectivity index (χ0v) is 23.2. The topological polar surface area (TPSA) is 77.4 Å². The molecule has 7 heteroatoms. The minimum Gasteiger partial charge on any atom is -0.462 e. The first-order chi connectivity index (χ1) is 17.1. The van der Waals surface area contributed by atoms with Crippen LogP contribution >= 0.6 is 0 Å². The third-order valence-electron chi connectivity index (χ3n) is 10.0. The van der Waals surface area contributed by atoms with Crippen LogP contribution in [0.4, 0.5) is 0 Å². The normalized spacial score (nSPS) is 38.6. The molecule has 0 radical (unpaired) electrons. The summed E-state index contributed by atoms with van der Waals surface area (Å²) in [6, 6.07) is 0. The summed E-state index contributed by atoms with van der Waals surface area (Å²) in [6.07, 6.45) is 9.00. The van der Waals surface area contributed by atoms with E-state index >= 15 is 0 Å². The third kappa shape index (κ3) is 5.09. The second kappa shape index (κ2) is 10.8. The second-order valence-corrected chi connectivity index (χ2v) is 11.9. The Hall–Kier alpha value is -1.89. The minimum atomic E-state index is -0.206.